The van der Waals surface area contributed by atoms with Crippen molar-refractivity contribution in [2.75, 3.05) is 31.6 Å². The fraction of sp³-hybridized carbons (Fsp3) is 0.278. The number of likely N-dealkylation sites (N-methyl/N-ethyl adjacent to an activating group) is 1. The van der Waals surface area contributed by atoms with E-state index in [2.05, 4.69) is 26.2 Å². The highest BCUT2D eigenvalue weighted by atomic mass is 79.9. The quantitative estimate of drug-likeness (QED) is 0.805. The first-order chi connectivity index (χ1) is 12.6. The summed E-state index contributed by atoms with van der Waals surface area (Å²) >= 11 is 3.29. The van der Waals surface area contributed by atoms with E-state index in [1.165, 1.54) is 11.1 Å². The monoisotopic (exact) mass is 419 g/mol. The van der Waals surface area contributed by atoms with Crippen LogP contribution in [0.4, 0.5) is 5.69 Å². The molecule has 26 heavy (non-hydrogen) atoms. The Morgan fingerprint density at radius 2 is 1.96 bits per heavy atom. The minimum atomic E-state index is -0.292. The van der Waals surface area contributed by atoms with Gasteiger partial charge in [-0.2, -0.15) is 0 Å². The van der Waals surface area contributed by atoms with E-state index in [1.807, 2.05) is 6.92 Å². The summed E-state index contributed by atoms with van der Waals surface area (Å²) in [7, 11) is 0. The number of carbonyl (C=O) groups is 2. The molecule has 136 valence electrons. The fourth-order valence-corrected chi connectivity index (χ4v) is 2.90. The number of nitrogens with zero attached hydrogens (tertiary/aromatic N) is 2. The lowest BCUT2D eigenvalue weighted by Gasteiger charge is -2.21. The van der Waals surface area contributed by atoms with Crippen molar-refractivity contribution in [1.82, 2.24) is 9.88 Å². The Labute approximate surface area is 159 Å². The largest absolute Gasteiger partial charge is 0.486 e. The lowest BCUT2D eigenvalue weighted by molar-refractivity contribution is -0.116. The van der Waals surface area contributed by atoms with E-state index in [9.17, 15) is 9.59 Å². The van der Waals surface area contributed by atoms with E-state index >= 15 is 0 Å². The molecule has 1 N–H and O–H groups in total. The van der Waals surface area contributed by atoms with Gasteiger partial charge in [-0.15, -0.1) is 0 Å². The molecule has 0 spiro atoms. The van der Waals surface area contributed by atoms with Gasteiger partial charge in [0.15, 0.2) is 11.5 Å². The van der Waals surface area contributed by atoms with Crippen LogP contribution >= 0.6 is 15.9 Å². The Kier molecular flexibility index (Phi) is 5.72. The van der Waals surface area contributed by atoms with E-state index in [0.29, 0.717) is 47.0 Å². The molecular weight excluding hydrogens is 402 g/mol. The van der Waals surface area contributed by atoms with Crippen LogP contribution in [0.25, 0.3) is 0 Å². The average molecular weight is 420 g/mol. The molecule has 1 aliphatic heterocycles. The second-order valence-electron chi connectivity index (χ2n) is 5.62. The van der Waals surface area contributed by atoms with Crippen molar-refractivity contribution >= 4 is 33.4 Å². The Morgan fingerprint density at radius 1 is 1.19 bits per heavy atom. The molecule has 2 heterocycles. The molecule has 0 saturated carbocycles. The van der Waals surface area contributed by atoms with Gasteiger partial charge in [0.2, 0.25) is 5.91 Å². The standard InChI is InChI=1S/C18H18BrN3O4/c1-2-22(18(24)12-7-13(19)10-20-9-12)11-17(23)21-14-3-4-15-16(8-14)26-6-5-25-15/h3-4,7-10H,2,5-6,11H2,1H3,(H,21,23). The van der Waals surface area contributed by atoms with Gasteiger partial charge in [0, 0.05) is 35.2 Å². The van der Waals surface area contributed by atoms with Gasteiger partial charge in [0.25, 0.3) is 5.91 Å². The Morgan fingerprint density at radius 3 is 2.69 bits per heavy atom. The summed E-state index contributed by atoms with van der Waals surface area (Å²) in [6.45, 7) is 3.15. The predicted octanol–water partition coefficient (Wildman–Crippen LogP) is 2.72. The molecule has 2 amide bonds. The zero-order chi connectivity index (χ0) is 18.5. The van der Waals surface area contributed by atoms with Crippen LogP contribution in [0.5, 0.6) is 11.5 Å². The van der Waals surface area contributed by atoms with Crippen molar-refractivity contribution in [3.8, 4) is 11.5 Å². The molecule has 8 heteroatoms. The van der Waals surface area contributed by atoms with Crippen molar-refractivity contribution < 1.29 is 19.1 Å². The zero-order valence-corrected chi connectivity index (χ0v) is 15.8. The maximum absolute atomic E-state index is 12.6. The summed E-state index contributed by atoms with van der Waals surface area (Å²) in [6.07, 6.45) is 3.08. The summed E-state index contributed by atoms with van der Waals surface area (Å²) in [6, 6.07) is 6.88. The van der Waals surface area contributed by atoms with Crippen LogP contribution in [-0.4, -0.2) is 48.0 Å². The first-order valence-electron chi connectivity index (χ1n) is 8.16. The molecule has 1 aromatic heterocycles. The second kappa shape index (κ2) is 8.18. The summed E-state index contributed by atoms with van der Waals surface area (Å²) in [5.74, 6) is 0.706. The first-order valence-corrected chi connectivity index (χ1v) is 8.95. The van der Waals surface area contributed by atoms with E-state index in [-0.39, 0.29) is 18.4 Å². The number of fused-ring (bicyclic) bond motifs is 1. The molecule has 0 unspecified atom stereocenters. The number of hydrogen-bond acceptors (Lipinski definition) is 5. The van der Waals surface area contributed by atoms with E-state index in [0.717, 1.165) is 0 Å². The Hall–Kier alpha value is -2.61. The summed E-state index contributed by atoms with van der Waals surface area (Å²) < 4.78 is 11.7. The van der Waals surface area contributed by atoms with E-state index < -0.39 is 0 Å². The summed E-state index contributed by atoms with van der Waals surface area (Å²) in [4.78, 5) is 30.4. The van der Waals surface area contributed by atoms with Crippen LogP contribution < -0.4 is 14.8 Å². The van der Waals surface area contributed by atoms with Crippen LogP contribution in [-0.2, 0) is 4.79 Å². The molecule has 1 aromatic carbocycles. The Bertz CT molecular complexity index is 828. The number of rotatable bonds is 5. The number of anilines is 1. The van der Waals surface area contributed by atoms with E-state index in [1.54, 1.807) is 30.5 Å². The number of amides is 2. The van der Waals surface area contributed by atoms with Crippen LogP contribution in [0.1, 0.15) is 17.3 Å². The minimum Gasteiger partial charge on any atom is -0.486 e. The molecule has 0 bridgehead atoms. The maximum Gasteiger partial charge on any atom is 0.255 e. The summed E-state index contributed by atoms with van der Waals surface area (Å²) in [5, 5.41) is 2.78. The van der Waals surface area contributed by atoms with Gasteiger partial charge in [-0.1, -0.05) is 0 Å². The lowest BCUT2D eigenvalue weighted by Crippen LogP contribution is -2.37. The van der Waals surface area contributed by atoms with Crippen molar-refractivity contribution in [2.45, 2.75) is 6.92 Å². The second-order valence-corrected chi connectivity index (χ2v) is 6.53. The molecule has 7 nitrogen and oxygen atoms in total. The molecule has 1 aliphatic rings. The minimum absolute atomic E-state index is 0.0592. The third-order valence-electron chi connectivity index (χ3n) is 3.78. The van der Waals surface area contributed by atoms with E-state index in [4.69, 9.17) is 9.47 Å². The van der Waals surface area contributed by atoms with Crippen molar-refractivity contribution in [2.24, 2.45) is 0 Å². The molecule has 0 atom stereocenters. The van der Waals surface area contributed by atoms with Crippen molar-refractivity contribution in [3.05, 3.63) is 46.7 Å². The van der Waals surface area contributed by atoms with Gasteiger partial charge in [-0.25, -0.2) is 0 Å². The molecule has 0 aliphatic carbocycles. The van der Waals surface area contributed by atoms with Gasteiger partial charge in [-0.05, 0) is 41.1 Å². The summed E-state index contributed by atoms with van der Waals surface area (Å²) in [5.41, 5.74) is 1.01. The number of pyridine rings is 1. The molecular formula is C18H18BrN3O4. The Balaban J connectivity index is 1.65. The van der Waals surface area contributed by atoms with Crippen LogP contribution in [0.3, 0.4) is 0 Å². The zero-order valence-electron chi connectivity index (χ0n) is 14.2. The van der Waals surface area contributed by atoms with Gasteiger partial charge >= 0.3 is 0 Å². The number of aromatic nitrogens is 1. The van der Waals surface area contributed by atoms with Crippen LogP contribution in [0, 0.1) is 0 Å². The van der Waals surface area contributed by atoms with Crippen molar-refractivity contribution in [3.63, 3.8) is 0 Å². The number of ether oxygens (including phenoxy) is 2. The van der Waals surface area contributed by atoms with Gasteiger partial charge in [0.05, 0.1) is 5.56 Å². The number of benzene rings is 1. The number of nitrogens with one attached hydrogen (secondary N) is 1. The average Bonchev–Trinajstić information content (AvgIpc) is 2.65. The van der Waals surface area contributed by atoms with Crippen LogP contribution in [0.2, 0.25) is 0 Å². The van der Waals surface area contributed by atoms with Crippen LogP contribution in [0.15, 0.2) is 41.1 Å². The maximum atomic E-state index is 12.6. The third-order valence-corrected chi connectivity index (χ3v) is 4.21. The predicted molar refractivity (Wildman–Crippen MR) is 99.6 cm³/mol. The highest BCUT2D eigenvalue weighted by molar-refractivity contribution is 9.10. The molecule has 0 saturated heterocycles. The van der Waals surface area contributed by atoms with Gasteiger partial charge in [-0.3, -0.25) is 14.6 Å². The first kappa shape index (κ1) is 18.2. The lowest BCUT2D eigenvalue weighted by atomic mass is 10.2. The van der Waals surface area contributed by atoms with Crippen molar-refractivity contribution in [1.29, 1.82) is 0 Å². The smallest absolute Gasteiger partial charge is 0.255 e. The highest BCUT2D eigenvalue weighted by Crippen LogP contribution is 2.32. The normalized spacial score (nSPS) is 12.4. The molecule has 3 rings (SSSR count). The third kappa shape index (κ3) is 4.32. The highest BCUT2D eigenvalue weighted by Gasteiger charge is 2.19. The van der Waals surface area contributed by atoms with Gasteiger partial charge < -0.3 is 19.7 Å². The molecule has 2 aromatic rings. The van der Waals surface area contributed by atoms with Gasteiger partial charge in [0.1, 0.15) is 19.8 Å². The SMILES string of the molecule is CCN(CC(=O)Nc1ccc2c(c1)OCCO2)C(=O)c1cncc(Br)c1. The number of halogens is 1. The molecule has 0 radical (unpaired) electrons. The fourth-order valence-electron chi connectivity index (χ4n) is 2.53. The molecule has 0 fully saturated rings. The number of hydrogen-bond donors (Lipinski definition) is 1. The topological polar surface area (TPSA) is 80.8 Å². The number of carbonyl (C=O) groups excluding carboxylic acids is 2.